The highest BCUT2D eigenvalue weighted by atomic mass is 32.2. The highest BCUT2D eigenvalue weighted by Gasteiger charge is 2.08. The third-order valence-electron chi connectivity index (χ3n) is 2.78. The van der Waals surface area contributed by atoms with Gasteiger partial charge in [-0.15, -0.1) is 0 Å². The molecule has 4 nitrogen and oxygen atoms in total. The number of thioether (sulfide) groups is 1. The van der Waals surface area contributed by atoms with Crippen LogP contribution in [0.4, 0.5) is 4.39 Å². The van der Waals surface area contributed by atoms with Gasteiger partial charge in [0.2, 0.25) is 5.89 Å². The fourth-order valence-electron chi connectivity index (χ4n) is 1.75. The first-order valence-electron chi connectivity index (χ1n) is 6.34. The monoisotopic (exact) mass is 301 g/mol. The van der Waals surface area contributed by atoms with Crippen LogP contribution in [0, 0.1) is 12.7 Å². The van der Waals surface area contributed by atoms with Crippen molar-refractivity contribution in [2.75, 3.05) is 0 Å². The average Bonchev–Trinajstić information content (AvgIpc) is 2.95. The normalized spacial score (nSPS) is 10.8. The molecule has 21 heavy (non-hydrogen) atoms. The zero-order valence-electron chi connectivity index (χ0n) is 11.3. The number of aryl methyl sites for hydroxylation is 1. The Morgan fingerprint density at radius 3 is 2.71 bits per heavy atom. The fourth-order valence-corrected chi connectivity index (χ4v) is 2.48. The lowest BCUT2D eigenvalue weighted by molar-refractivity contribution is 0.529. The predicted octanol–water partition coefficient (Wildman–Crippen LogP) is 3.87. The maximum Gasteiger partial charge on any atom is 0.205 e. The zero-order chi connectivity index (χ0) is 14.7. The molecule has 0 atom stereocenters. The largest absolute Gasteiger partial charge is 0.440 e. The standard InChI is InChI=1S/C15H12FN3OS/c1-10-6-7-17-15(19-10)21-9-14-18-8-13(20-14)11-2-4-12(16)5-3-11/h2-8H,9H2,1H3. The van der Waals surface area contributed by atoms with Gasteiger partial charge in [0.15, 0.2) is 10.9 Å². The Morgan fingerprint density at radius 1 is 1.14 bits per heavy atom. The number of rotatable bonds is 4. The van der Waals surface area contributed by atoms with Crippen LogP contribution in [-0.2, 0) is 5.75 Å². The van der Waals surface area contributed by atoms with Crippen LogP contribution in [0.15, 0.2) is 52.3 Å². The van der Waals surface area contributed by atoms with E-state index in [0.29, 0.717) is 22.6 Å². The summed E-state index contributed by atoms with van der Waals surface area (Å²) in [4.78, 5) is 12.7. The van der Waals surface area contributed by atoms with Crippen molar-refractivity contribution in [1.82, 2.24) is 15.0 Å². The van der Waals surface area contributed by atoms with Crippen molar-refractivity contribution in [3.05, 3.63) is 60.1 Å². The molecule has 1 aromatic carbocycles. The number of benzene rings is 1. The number of nitrogens with zero attached hydrogens (tertiary/aromatic N) is 3. The first kappa shape index (κ1) is 13.8. The number of oxazole rings is 1. The van der Waals surface area contributed by atoms with Gasteiger partial charge in [-0.2, -0.15) is 0 Å². The third-order valence-corrected chi connectivity index (χ3v) is 3.63. The summed E-state index contributed by atoms with van der Waals surface area (Å²) in [5.74, 6) is 1.48. The Kier molecular flexibility index (Phi) is 3.96. The van der Waals surface area contributed by atoms with Crippen molar-refractivity contribution in [3.63, 3.8) is 0 Å². The SMILES string of the molecule is Cc1ccnc(SCc2ncc(-c3ccc(F)cc3)o2)n1. The quantitative estimate of drug-likeness (QED) is 0.541. The highest BCUT2D eigenvalue weighted by Crippen LogP contribution is 2.24. The lowest BCUT2D eigenvalue weighted by atomic mass is 10.2. The second kappa shape index (κ2) is 6.05. The summed E-state index contributed by atoms with van der Waals surface area (Å²) >= 11 is 1.46. The molecule has 0 aliphatic rings. The zero-order valence-corrected chi connectivity index (χ0v) is 12.1. The van der Waals surface area contributed by atoms with Gasteiger partial charge in [-0.25, -0.2) is 19.3 Å². The summed E-state index contributed by atoms with van der Waals surface area (Å²) in [6.45, 7) is 1.92. The first-order chi connectivity index (χ1) is 10.2. The van der Waals surface area contributed by atoms with Crippen molar-refractivity contribution in [2.45, 2.75) is 17.8 Å². The van der Waals surface area contributed by atoms with Crippen LogP contribution in [0.3, 0.4) is 0 Å². The summed E-state index contributed by atoms with van der Waals surface area (Å²) in [6.07, 6.45) is 3.37. The van der Waals surface area contributed by atoms with E-state index in [9.17, 15) is 4.39 Å². The number of hydrogen-bond acceptors (Lipinski definition) is 5. The number of halogens is 1. The van der Waals surface area contributed by atoms with Crippen molar-refractivity contribution >= 4 is 11.8 Å². The van der Waals surface area contributed by atoms with Crippen molar-refractivity contribution in [1.29, 1.82) is 0 Å². The van der Waals surface area contributed by atoms with Gasteiger partial charge in [0.25, 0.3) is 0 Å². The van der Waals surface area contributed by atoms with Gasteiger partial charge >= 0.3 is 0 Å². The van der Waals surface area contributed by atoms with Crippen LogP contribution in [0.1, 0.15) is 11.6 Å². The maximum atomic E-state index is 12.9. The lowest BCUT2D eigenvalue weighted by Crippen LogP contribution is -1.89. The molecule has 0 saturated carbocycles. The number of hydrogen-bond donors (Lipinski definition) is 0. The molecule has 106 valence electrons. The second-order valence-electron chi connectivity index (χ2n) is 4.39. The van der Waals surface area contributed by atoms with Gasteiger partial charge < -0.3 is 4.42 Å². The minimum absolute atomic E-state index is 0.273. The van der Waals surface area contributed by atoms with Crippen LogP contribution < -0.4 is 0 Å². The van der Waals surface area contributed by atoms with E-state index in [1.807, 2.05) is 13.0 Å². The van der Waals surface area contributed by atoms with E-state index in [0.717, 1.165) is 11.3 Å². The van der Waals surface area contributed by atoms with E-state index in [-0.39, 0.29) is 5.82 Å². The van der Waals surface area contributed by atoms with E-state index in [1.165, 1.54) is 23.9 Å². The summed E-state index contributed by atoms with van der Waals surface area (Å²) in [5, 5.41) is 0.691. The Morgan fingerprint density at radius 2 is 1.95 bits per heavy atom. The second-order valence-corrected chi connectivity index (χ2v) is 5.34. The third kappa shape index (κ3) is 3.46. The van der Waals surface area contributed by atoms with E-state index < -0.39 is 0 Å². The van der Waals surface area contributed by atoms with Crippen LogP contribution >= 0.6 is 11.8 Å². The molecule has 0 amide bonds. The Hall–Kier alpha value is -2.21. The minimum atomic E-state index is -0.273. The summed E-state index contributed by atoms with van der Waals surface area (Å²) in [7, 11) is 0. The van der Waals surface area contributed by atoms with Gasteiger partial charge in [-0.1, -0.05) is 11.8 Å². The molecule has 0 radical (unpaired) electrons. The molecule has 0 spiro atoms. The Bertz CT molecular complexity index is 743. The molecule has 0 bridgehead atoms. The average molecular weight is 301 g/mol. The van der Waals surface area contributed by atoms with Gasteiger partial charge in [0.1, 0.15) is 5.82 Å². The van der Waals surface area contributed by atoms with Gasteiger partial charge in [-0.05, 0) is 37.3 Å². The molecular formula is C15H12FN3OS. The molecule has 0 fully saturated rings. The van der Waals surface area contributed by atoms with Crippen molar-refractivity contribution in [3.8, 4) is 11.3 Å². The molecule has 0 aliphatic carbocycles. The van der Waals surface area contributed by atoms with Gasteiger partial charge in [-0.3, -0.25) is 0 Å². The molecule has 0 saturated heterocycles. The Balaban J connectivity index is 1.69. The topological polar surface area (TPSA) is 51.8 Å². The van der Waals surface area contributed by atoms with Crippen LogP contribution in [-0.4, -0.2) is 15.0 Å². The van der Waals surface area contributed by atoms with Gasteiger partial charge in [0.05, 0.1) is 11.9 Å². The van der Waals surface area contributed by atoms with Crippen molar-refractivity contribution in [2.24, 2.45) is 0 Å². The molecule has 0 aliphatic heterocycles. The van der Waals surface area contributed by atoms with Crippen LogP contribution in [0.2, 0.25) is 0 Å². The molecule has 3 aromatic rings. The first-order valence-corrected chi connectivity index (χ1v) is 7.32. The van der Waals surface area contributed by atoms with E-state index in [1.54, 1.807) is 24.5 Å². The maximum absolute atomic E-state index is 12.9. The van der Waals surface area contributed by atoms with Gasteiger partial charge in [0, 0.05) is 17.5 Å². The fraction of sp³-hybridized carbons (Fsp3) is 0.133. The summed E-state index contributed by atoms with van der Waals surface area (Å²) < 4.78 is 18.5. The van der Waals surface area contributed by atoms with Crippen LogP contribution in [0.5, 0.6) is 0 Å². The molecule has 6 heteroatoms. The van der Waals surface area contributed by atoms with Crippen LogP contribution in [0.25, 0.3) is 11.3 Å². The Labute approximate surface area is 125 Å². The molecule has 2 aromatic heterocycles. The lowest BCUT2D eigenvalue weighted by Gasteiger charge is -1.98. The molecule has 3 rings (SSSR count). The summed E-state index contributed by atoms with van der Waals surface area (Å²) in [5.41, 5.74) is 1.72. The highest BCUT2D eigenvalue weighted by molar-refractivity contribution is 7.98. The minimum Gasteiger partial charge on any atom is -0.440 e. The summed E-state index contributed by atoms with van der Waals surface area (Å²) in [6, 6.07) is 7.97. The smallest absolute Gasteiger partial charge is 0.205 e. The molecule has 0 unspecified atom stereocenters. The molecule has 0 N–H and O–H groups in total. The van der Waals surface area contributed by atoms with E-state index >= 15 is 0 Å². The van der Waals surface area contributed by atoms with E-state index in [4.69, 9.17) is 4.42 Å². The van der Waals surface area contributed by atoms with Crippen molar-refractivity contribution < 1.29 is 8.81 Å². The number of aromatic nitrogens is 3. The molecule has 2 heterocycles. The predicted molar refractivity (Wildman–Crippen MR) is 78.2 cm³/mol. The molecular weight excluding hydrogens is 289 g/mol. The van der Waals surface area contributed by atoms with E-state index in [2.05, 4.69) is 15.0 Å².